The predicted molar refractivity (Wildman–Crippen MR) is 165 cm³/mol. The van der Waals surface area contributed by atoms with Gasteiger partial charge in [-0.2, -0.15) is 0 Å². The Morgan fingerprint density at radius 2 is 1.95 bits per heavy atom. The Hall–Kier alpha value is -2.71. The van der Waals surface area contributed by atoms with Gasteiger partial charge in [-0.25, -0.2) is 4.98 Å². The Bertz CT molecular complexity index is 1250. The average Bonchev–Trinajstić information content (AvgIpc) is 3.57. The number of rotatable bonds is 13. The number of nitrogens with one attached hydrogen (secondary N) is 2. The number of carbonyl (C=O) groups is 2. The molecule has 0 aliphatic carbocycles. The van der Waals surface area contributed by atoms with Gasteiger partial charge in [-0.1, -0.05) is 40.2 Å². The minimum Gasteiger partial charge on any atom is -0.354 e. The van der Waals surface area contributed by atoms with Gasteiger partial charge >= 0.3 is 0 Å². The molecule has 1 fully saturated rings. The Morgan fingerprint density at radius 3 is 2.62 bits per heavy atom. The minimum atomic E-state index is -0.566. The van der Waals surface area contributed by atoms with Crippen molar-refractivity contribution in [3.63, 3.8) is 0 Å². The van der Waals surface area contributed by atoms with Crippen LogP contribution in [0.1, 0.15) is 99.7 Å². The summed E-state index contributed by atoms with van der Waals surface area (Å²) in [5, 5.41) is 8.24. The maximum absolute atomic E-state index is 13.4. The first-order valence-electron chi connectivity index (χ1n) is 15.1. The second-order valence-electron chi connectivity index (χ2n) is 11.7. The van der Waals surface area contributed by atoms with E-state index in [9.17, 15) is 9.59 Å². The summed E-state index contributed by atoms with van der Waals surface area (Å²) in [6.45, 7) is 10.3. The molecule has 8 heteroatoms. The maximum atomic E-state index is 13.4. The third-order valence-electron chi connectivity index (χ3n) is 8.27. The molecule has 7 nitrogen and oxygen atoms in total. The summed E-state index contributed by atoms with van der Waals surface area (Å²) in [5.74, 6) is 0.979. The van der Waals surface area contributed by atoms with Gasteiger partial charge in [-0.3, -0.25) is 9.59 Å². The fraction of sp³-hybridized carbons (Fsp3) is 0.594. The lowest BCUT2D eigenvalue weighted by Crippen LogP contribution is -2.48. The lowest BCUT2D eigenvalue weighted by Gasteiger charge is -2.32. The highest BCUT2D eigenvalue weighted by Crippen LogP contribution is 2.28. The van der Waals surface area contributed by atoms with Gasteiger partial charge in [0.25, 0.3) is 5.91 Å². The van der Waals surface area contributed by atoms with Gasteiger partial charge in [0.05, 0.1) is 11.0 Å². The number of imidazole rings is 1. The van der Waals surface area contributed by atoms with E-state index in [0.717, 1.165) is 49.1 Å². The van der Waals surface area contributed by atoms with Crippen molar-refractivity contribution in [1.82, 2.24) is 25.1 Å². The van der Waals surface area contributed by atoms with Crippen molar-refractivity contribution in [2.75, 3.05) is 20.1 Å². The molecule has 3 aromatic rings. The van der Waals surface area contributed by atoms with E-state index in [-0.39, 0.29) is 17.7 Å². The van der Waals surface area contributed by atoms with Crippen LogP contribution in [0.25, 0.3) is 11.0 Å². The molecular weight excluding hydrogens is 518 g/mol. The van der Waals surface area contributed by atoms with Gasteiger partial charge in [-0.05, 0) is 87.7 Å². The molecule has 1 unspecified atom stereocenters. The SMILES string of the molecule is CCC(CC)n1c(Cc2cccs2)nc2cc(C(=O)N[C@@H](CC(C)C)C(=O)NCCC3CCCCN3C)ccc21. The van der Waals surface area contributed by atoms with Gasteiger partial charge in [0.1, 0.15) is 11.9 Å². The average molecular weight is 566 g/mol. The summed E-state index contributed by atoms with van der Waals surface area (Å²) in [7, 11) is 2.17. The first-order chi connectivity index (χ1) is 19.3. The second kappa shape index (κ2) is 14.3. The van der Waals surface area contributed by atoms with Crippen LogP contribution < -0.4 is 10.6 Å². The Balaban J connectivity index is 1.48. The van der Waals surface area contributed by atoms with Gasteiger partial charge in [-0.15, -0.1) is 11.3 Å². The molecule has 0 saturated carbocycles. The molecule has 0 radical (unpaired) electrons. The number of nitrogens with zero attached hydrogens (tertiary/aromatic N) is 3. The molecule has 4 rings (SSSR count). The van der Waals surface area contributed by atoms with Gasteiger partial charge in [0, 0.05) is 35.5 Å². The molecule has 2 N–H and O–H groups in total. The van der Waals surface area contributed by atoms with Crippen LogP contribution in [-0.2, 0) is 11.2 Å². The van der Waals surface area contributed by atoms with Gasteiger partial charge < -0.3 is 20.1 Å². The number of hydrogen-bond acceptors (Lipinski definition) is 5. The van der Waals surface area contributed by atoms with Gasteiger partial charge in [0.2, 0.25) is 5.91 Å². The molecule has 2 atom stereocenters. The number of likely N-dealkylation sites (tertiary alicyclic amines) is 1. The Kier molecular flexibility index (Phi) is 10.8. The number of thiophene rings is 1. The molecule has 0 spiro atoms. The monoisotopic (exact) mass is 565 g/mol. The first-order valence-corrected chi connectivity index (χ1v) is 16.0. The summed E-state index contributed by atoms with van der Waals surface area (Å²) >= 11 is 1.74. The molecule has 0 bridgehead atoms. The molecule has 40 heavy (non-hydrogen) atoms. The molecule has 2 aromatic heterocycles. The van der Waals surface area contributed by atoms with E-state index in [4.69, 9.17) is 4.98 Å². The molecule has 3 heterocycles. The third-order valence-corrected chi connectivity index (χ3v) is 9.15. The Labute approximate surface area is 243 Å². The largest absolute Gasteiger partial charge is 0.354 e. The van der Waals surface area contributed by atoms with Crippen LogP contribution in [0.3, 0.4) is 0 Å². The van der Waals surface area contributed by atoms with E-state index in [1.165, 1.54) is 24.1 Å². The highest BCUT2D eigenvalue weighted by atomic mass is 32.1. The number of carbonyl (C=O) groups excluding carboxylic acids is 2. The summed E-state index contributed by atoms with van der Waals surface area (Å²) in [4.78, 5) is 35.3. The van der Waals surface area contributed by atoms with Crippen molar-refractivity contribution in [2.24, 2.45) is 5.92 Å². The quantitative estimate of drug-likeness (QED) is 0.259. The van der Waals surface area contributed by atoms with Crippen LogP contribution in [0.15, 0.2) is 35.7 Å². The smallest absolute Gasteiger partial charge is 0.252 e. The molecule has 1 saturated heterocycles. The second-order valence-corrected chi connectivity index (χ2v) is 12.7. The number of piperidine rings is 1. The fourth-order valence-corrected chi connectivity index (χ4v) is 6.68. The van der Waals surface area contributed by atoms with Crippen LogP contribution in [-0.4, -0.2) is 58.5 Å². The molecule has 2 amide bonds. The van der Waals surface area contributed by atoms with E-state index < -0.39 is 6.04 Å². The van der Waals surface area contributed by atoms with E-state index in [2.05, 4.69) is 72.4 Å². The van der Waals surface area contributed by atoms with Crippen LogP contribution in [0.2, 0.25) is 0 Å². The van der Waals surface area contributed by atoms with Crippen molar-refractivity contribution in [2.45, 2.75) is 97.2 Å². The standard InChI is InChI=1S/C32H47N5O2S/c1-6-24(7-2)37-29-14-13-23(20-27(29)34-30(37)21-26-12-10-18-40-26)31(38)35-28(19-22(3)4)32(39)33-16-15-25-11-8-9-17-36(25)5/h10,12-14,18,20,22,24-25,28H,6-9,11,15-17,19,21H2,1-5H3,(H,33,39)(H,35,38)/t25?,28-/m0/s1. The summed E-state index contributed by atoms with van der Waals surface area (Å²) < 4.78 is 2.36. The van der Waals surface area contributed by atoms with Crippen molar-refractivity contribution in [1.29, 1.82) is 0 Å². The number of fused-ring (bicyclic) bond motifs is 1. The zero-order chi connectivity index (χ0) is 28.6. The molecule has 1 aliphatic heterocycles. The number of benzene rings is 1. The fourth-order valence-electron chi connectivity index (χ4n) is 5.98. The van der Waals surface area contributed by atoms with Crippen molar-refractivity contribution >= 4 is 34.2 Å². The third kappa shape index (κ3) is 7.52. The van der Waals surface area contributed by atoms with Crippen LogP contribution >= 0.6 is 11.3 Å². The van der Waals surface area contributed by atoms with Crippen molar-refractivity contribution < 1.29 is 9.59 Å². The summed E-state index contributed by atoms with van der Waals surface area (Å²) in [5.41, 5.74) is 2.42. The lowest BCUT2D eigenvalue weighted by molar-refractivity contribution is -0.123. The number of hydrogen-bond donors (Lipinski definition) is 2. The van der Waals surface area contributed by atoms with E-state index in [0.29, 0.717) is 30.6 Å². The van der Waals surface area contributed by atoms with Crippen molar-refractivity contribution in [3.05, 3.63) is 52.0 Å². The Morgan fingerprint density at radius 1 is 1.15 bits per heavy atom. The highest BCUT2D eigenvalue weighted by molar-refractivity contribution is 7.09. The van der Waals surface area contributed by atoms with E-state index in [1.807, 2.05) is 18.2 Å². The molecule has 1 aromatic carbocycles. The molecule has 1 aliphatic rings. The highest BCUT2D eigenvalue weighted by Gasteiger charge is 2.25. The predicted octanol–water partition coefficient (Wildman–Crippen LogP) is 6.18. The van der Waals surface area contributed by atoms with Crippen LogP contribution in [0.4, 0.5) is 0 Å². The zero-order valence-corrected chi connectivity index (χ0v) is 25.7. The zero-order valence-electron chi connectivity index (χ0n) is 24.9. The van der Waals surface area contributed by atoms with Crippen molar-refractivity contribution in [3.8, 4) is 0 Å². The maximum Gasteiger partial charge on any atom is 0.252 e. The lowest BCUT2D eigenvalue weighted by atomic mass is 9.99. The van der Waals surface area contributed by atoms with Crippen LogP contribution in [0, 0.1) is 5.92 Å². The number of amides is 2. The van der Waals surface area contributed by atoms with E-state index in [1.54, 1.807) is 11.3 Å². The molecule has 218 valence electrons. The summed E-state index contributed by atoms with van der Waals surface area (Å²) in [6, 6.07) is 10.3. The normalized spacial score (nSPS) is 17.0. The molecular formula is C32H47N5O2S. The topological polar surface area (TPSA) is 79.3 Å². The number of aromatic nitrogens is 2. The van der Waals surface area contributed by atoms with E-state index >= 15 is 0 Å². The van der Waals surface area contributed by atoms with Crippen LogP contribution in [0.5, 0.6) is 0 Å². The van der Waals surface area contributed by atoms with Gasteiger partial charge in [0.15, 0.2) is 0 Å². The summed E-state index contributed by atoms with van der Waals surface area (Å²) in [6.07, 6.45) is 8.04. The minimum absolute atomic E-state index is 0.0992. The first kappa shape index (κ1) is 30.3.